The van der Waals surface area contributed by atoms with Crippen molar-refractivity contribution in [1.82, 2.24) is 0 Å². The highest BCUT2D eigenvalue weighted by Gasteiger charge is 2.22. The molecule has 0 saturated heterocycles. The van der Waals surface area contributed by atoms with E-state index < -0.39 is 32.5 Å². The molecule has 0 aromatic heterocycles. The minimum absolute atomic E-state index is 0.169. The van der Waals surface area contributed by atoms with Gasteiger partial charge in [-0.1, -0.05) is 144 Å². The van der Waals surface area contributed by atoms with E-state index in [0.29, 0.717) is 25.7 Å². The summed E-state index contributed by atoms with van der Waals surface area (Å²) in [6, 6.07) is 0. The molecule has 0 bridgehead atoms. The number of aliphatic hydroxyl groups is 1. The highest BCUT2D eigenvalue weighted by atomic mass is 31.2. The van der Waals surface area contributed by atoms with Crippen molar-refractivity contribution in [2.24, 2.45) is 0 Å². The standard InChI is InChI=1S/C43H71O9P/c1-3-5-6-7-8-9-10-11-12-13-14-19-22-25-28-31-34-37-43(46)52-41(39-51-53(47,48)49)38-50-42(45)36-33-30-27-24-21-18-16-15-17-20-23-26-29-32-35-40(44)4-2/h8-9,11-12,16-18,20,24,26-27,29,32,35,40-41,44H,3-7,10,13-15,19,21-23,25,28,30-31,33-34,36-39H2,1-2H3,(H2,47,48,49)/b9-8-,12-11-,18-16-,20-17-,27-24-,29-26-,35-32+/t40-,41+/m0/s1. The van der Waals surface area contributed by atoms with Crippen molar-refractivity contribution < 1.29 is 43.0 Å². The maximum atomic E-state index is 12.4. The summed E-state index contributed by atoms with van der Waals surface area (Å²) in [6.45, 7) is 3.26. The van der Waals surface area contributed by atoms with Gasteiger partial charge in [0.05, 0.1) is 12.7 Å². The van der Waals surface area contributed by atoms with E-state index in [1.807, 2.05) is 37.3 Å². The minimum atomic E-state index is -4.78. The van der Waals surface area contributed by atoms with E-state index in [9.17, 15) is 19.3 Å². The van der Waals surface area contributed by atoms with E-state index >= 15 is 0 Å². The Bertz CT molecular complexity index is 1150. The molecule has 0 aliphatic heterocycles. The maximum Gasteiger partial charge on any atom is 0.469 e. The predicted molar refractivity (Wildman–Crippen MR) is 217 cm³/mol. The molecule has 0 aromatic carbocycles. The Balaban J connectivity index is 4.09. The van der Waals surface area contributed by atoms with Crippen LogP contribution in [0.2, 0.25) is 0 Å². The molecule has 0 aliphatic carbocycles. The summed E-state index contributed by atoms with van der Waals surface area (Å²) in [5, 5.41) is 9.45. The molecule has 0 aromatic rings. The minimum Gasteiger partial charge on any atom is -0.462 e. The molecular formula is C43H71O9P. The van der Waals surface area contributed by atoms with Crippen LogP contribution in [0, 0.1) is 0 Å². The monoisotopic (exact) mass is 762 g/mol. The van der Waals surface area contributed by atoms with Crippen LogP contribution >= 0.6 is 7.82 Å². The Morgan fingerprint density at radius 3 is 1.64 bits per heavy atom. The van der Waals surface area contributed by atoms with Crippen LogP contribution in [-0.2, 0) is 28.2 Å². The number of allylic oxidation sites excluding steroid dienone is 13. The van der Waals surface area contributed by atoms with E-state index in [1.54, 1.807) is 6.08 Å². The lowest BCUT2D eigenvalue weighted by Crippen LogP contribution is -2.29. The van der Waals surface area contributed by atoms with Gasteiger partial charge in [-0.15, -0.1) is 0 Å². The highest BCUT2D eigenvalue weighted by molar-refractivity contribution is 7.46. The van der Waals surface area contributed by atoms with Crippen molar-refractivity contribution in [1.29, 1.82) is 0 Å². The fourth-order valence-electron chi connectivity index (χ4n) is 4.92. The zero-order chi connectivity index (χ0) is 39.1. The Morgan fingerprint density at radius 2 is 1.08 bits per heavy atom. The van der Waals surface area contributed by atoms with Crippen molar-refractivity contribution in [2.45, 2.75) is 161 Å². The normalized spacial score (nSPS) is 14.0. The third-order valence-corrected chi connectivity index (χ3v) is 8.54. The van der Waals surface area contributed by atoms with Gasteiger partial charge in [0, 0.05) is 12.8 Å². The van der Waals surface area contributed by atoms with Crippen molar-refractivity contribution in [2.75, 3.05) is 13.2 Å². The Kier molecular flexibility index (Phi) is 35.5. The van der Waals surface area contributed by atoms with Gasteiger partial charge in [-0.05, 0) is 77.0 Å². The Labute approximate surface area is 321 Å². The molecule has 9 nitrogen and oxygen atoms in total. The number of rotatable bonds is 35. The third-order valence-electron chi connectivity index (χ3n) is 8.06. The predicted octanol–water partition coefficient (Wildman–Crippen LogP) is 11.0. The first-order valence-corrected chi connectivity index (χ1v) is 21.5. The van der Waals surface area contributed by atoms with Crippen molar-refractivity contribution in [3.05, 3.63) is 85.1 Å². The third kappa shape index (κ3) is 40.2. The average molecular weight is 763 g/mol. The van der Waals surface area contributed by atoms with Gasteiger partial charge in [0.25, 0.3) is 0 Å². The molecule has 3 N–H and O–H groups in total. The second-order valence-electron chi connectivity index (χ2n) is 13.1. The largest absolute Gasteiger partial charge is 0.469 e. The molecule has 0 aliphatic rings. The number of ether oxygens (including phenoxy) is 2. The maximum absolute atomic E-state index is 12.4. The summed E-state index contributed by atoms with van der Waals surface area (Å²) >= 11 is 0. The van der Waals surface area contributed by atoms with Gasteiger partial charge in [-0.3, -0.25) is 14.1 Å². The molecule has 0 heterocycles. The SMILES string of the molecule is CCCCC/C=C\C/C=C\CCCCCCCCCC(=O)O[C@H](COC(=O)CCC/C=C\C/C=C\C/C=C\C/C=C\C=C\[C@@H](O)CC)COP(=O)(O)O. The first-order valence-electron chi connectivity index (χ1n) is 20.0. The molecule has 302 valence electrons. The summed E-state index contributed by atoms with van der Waals surface area (Å²) in [6.07, 6.45) is 46.8. The van der Waals surface area contributed by atoms with Crippen molar-refractivity contribution in [3.8, 4) is 0 Å². The molecule has 0 fully saturated rings. The Morgan fingerprint density at radius 1 is 0.585 bits per heavy atom. The van der Waals surface area contributed by atoms with Crippen LogP contribution in [0.15, 0.2) is 85.1 Å². The smallest absolute Gasteiger partial charge is 0.462 e. The summed E-state index contributed by atoms with van der Waals surface area (Å²) in [4.78, 5) is 42.8. The second kappa shape index (κ2) is 37.5. The van der Waals surface area contributed by atoms with E-state index in [1.165, 1.54) is 44.9 Å². The lowest BCUT2D eigenvalue weighted by Gasteiger charge is -2.18. The van der Waals surface area contributed by atoms with Gasteiger partial charge < -0.3 is 24.4 Å². The van der Waals surface area contributed by atoms with Crippen LogP contribution in [0.4, 0.5) is 0 Å². The number of aliphatic hydroxyl groups excluding tert-OH is 1. The number of phosphoric acid groups is 1. The van der Waals surface area contributed by atoms with Crippen LogP contribution in [0.25, 0.3) is 0 Å². The quantitative estimate of drug-likeness (QED) is 0.0189. The first kappa shape index (κ1) is 50.2. The van der Waals surface area contributed by atoms with Crippen LogP contribution in [0.1, 0.15) is 149 Å². The lowest BCUT2D eigenvalue weighted by atomic mass is 10.1. The van der Waals surface area contributed by atoms with E-state index in [-0.39, 0.29) is 25.6 Å². The van der Waals surface area contributed by atoms with Gasteiger partial charge in [-0.25, -0.2) is 4.57 Å². The summed E-state index contributed by atoms with van der Waals surface area (Å²) in [7, 11) is -4.78. The summed E-state index contributed by atoms with van der Waals surface area (Å²) < 4.78 is 26.3. The van der Waals surface area contributed by atoms with Crippen molar-refractivity contribution in [3.63, 3.8) is 0 Å². The molecule has 0 radical (unpaired) electrons. The number of unbranched alkanes of at least 4 members (excludes halogenated alkanes) is 11. The number of hydrogen-bond acceptors (Lipinski definition) is 7. The molecule has 10 heteroatoms. The number of esters is 2. The van der Waals surface area contributed by atoms with Crippen LogP contribution in [0.5, 0.6) is 0 Å². The zero-order valence-electron chi connectivity index (χ0n) is 32.7. The number of phosphoric ester groups is 1. The molecule has 0 rings (SSSR count). The average Bonchev–Trinajstić information content (AvgIpc) is 3.13. The lowest BCUT2D eigenvalue weighted by molar-refractivity contribution is -0.161. The van der Waals surface area contributed by atoms with Gasteiger partial charge in [0.1, 0.15) is 6.61 Å². The van der Waals surface area contributed by atoms with E-state index in [4.69, 9.17) is 19.3 Å². The van der Waals surface area contributed by atoms with Crippen molar-refractivity contribution >= 4 is 19.8 Å². The zero-order valence-corrected chi connectivity index (χ0v) is 33.6. The molecular weight excluding hydrogens is 691 g/mol. The number of carbonyl (C=O) groups is 2. The molecule has 0 amide bonds. The molecule has 53 heavy (non-hydrogen) atoms. The summed E-state index contributed by atoms with van der Waals surface area (Å²) in [5.41, 5.74) is 0. The number of carbonyl (C=O) groups excluding carboxylic acids is 2. The van der Waals surface area contributed by atoms with Crippen LogP contribution < -0.4 is 0 Å². The van der Waals surface area contributed by atoms with E-state index in [0.717, 1.165) is 51.4 Å². The molecule has 2 atom stereocenters. The topological polar surface area (TPSA) is 140 Å². The molecule has 0 saturated carbocycles. The molecule has 0 unspecified atom stereocenters. The molecule has 0 spiro atoms. The van der Waals surface area contributed by atoms with Gasteiger partial charge in [0.2, 0.25) is 0 Å². The second-order valence-corrected chi connectivity index (χ2v) is 14.3. The summed E-state index contributed by atoms with van der Waals surface area (Å²) in [5.74, 6) is -0.989. The first-order chi connectivity index (χ1) is 25.7. The highest BCUT2D eigenvalue weighted by Crippen LogP contribution is 2.36. The van der Waals surface area contributed by atoms with Gasteiger partial charge in [-0.2, -0.15) is 0 Å². The van der Waals surface area contributed by atoms with Gasteiger partial charge >= 0.3 is 19.8 Å². The van der Waals surface area contributed by atoms with E-state index in [2.05, 4.69) is 60.1 Å². The fraction of sp³-hybridized carbons (Fsp3) is 0.628. The van der Waals surface area contributed by atoms with Crippen LogP contribution in [-0.4, -0.2) is 52.3 Å². The fourth-order valence-corrected chi connectivity index (χ4v) is 5.28. The van der Waals surface area contributed by atoms with Crippen LogP contribution in [0.3, 0.4) is 0 Å². The Hall–Kier alpha value is -2.81. The van der Waals surface area contributed by atoms with Gasteiger partial charge in [0.15, 0.2) is 6.10 Å². The number of hydrogen-bond donors (Lipinski definition) is 3.